The van der Waals surface area contributed by atoms with Crippen LogP contribution in [0.5, 0.6) is 0 Å². The minimum absolute atomic E-state index is 0.0556. The zero-order chi connectivity index (χ0) is 19.8. The molecule has 9 heteroatoms. The predicted octanol–water partition coefficient (Wildman–Crippen LogP) is 2.10. The van der Waals surface area contributed by atoms with E-state index in [1.54, 1.807) is 13.1 Å². The molecule has 0 radical (unpaired) electrons. The zero-order valence-corrected chi connectivity index (χ0v) is 15.6. The molecule has 1 aromatic carbocycles. The van der Waals surface area contributed by atoms with Crippen molar-refractivity contribution in [1.82, 2.24) is 4.57 Å². The van der Waals surface area contributed by atoms with Crippen LogP contribution in [0.3, 0.4) is 0 Å². The number of amides is 1. The highest BCUT2D eigenvalue weighted by Gasteiger charge is 2.39. The van der Waals surface area contributed by atoms with E-state index in [4.69, 9.17) is 10.00 Å². The number of nitriles is 1. The predicted molar refractivity (Wildman–Crippen MR) is 95.5 cm³/mol. The minimum Gasteiger partial charge on any atom is -0.380 e. The van der Waals surface area contributed by atoms with E-state index in [1.165, 1.54) is 29.0 Å². The molecule has 27 heavy (non-hydrogen) atoms. The molecule has 1 aromatic heterocycles. The number of aryl methyl sites for hydroxylation is 1. The topological polar surface area (TPSA) is 101 Å². The average molecular weight is 391 g/mol. The molecule has 0 unspecified atom stereocenters. The van der Waals surface area contributed by atoms with Crippen LogP contribution in [-0.4, -0.2) is 37.9 Å². The monoisotopic (exact) mass is 391 g/mol. The molecule has 142 valence electrons. The SMILES string of the molecule is Cn1cc(S(=O)(=O)CC2(C)COC2)cc1C(=O)Nc1ccc(F)c(C#N)c1. The van der Waals surface area contributed by atoms with Gasteiger partial charge in [0.15, 0.2) is 9.84 Å². The molecule has 0 spiro atoms. The minimum atomic E-state index is -3.58. The van der Waals surface area contributed by atoms with E-state index in [0.717, 1.165) is 6.07 Å². The van der Waals surface area contributed by atoms with Crippen molar-refractivity contribution in [3.05, 3.63) is 47.5 Å². The van der Waals surface area contributed by atoms with Crippen LogP contribution in [0.25, 0.3) is 0 Å². The zero-order valence-electron chi connectivity index (χ0n) is 14.8. The summed E-state index contributed by atoms with van der Waals surface area (Å²) in [6, 6.07) is 6.62. The lowest BCUT2D eigenvalue weighted by atomic mass is 9.92. The van der Waals surface area contributed by atoms with Gasteiger partial charge in [0.05, 0.1) is 29.4 Å². The number of anilines is 1. The smallest absolute Gasteiger partial charge is 0.272 e. The Balaban J connectivity index is 1.81. The van der Waals surface area contributed by atoms with Crippen molar-refractivity contribution in [3.63, 3.8) is 0 Å². The number of halogens is 1. The Hall–Kier alpha value is -2.70. The first-order valence-electron chi connectivity index (χ1n) is 8.11. The molecule has 7 nitrogen and oxygen atoms in total. The fourth-order valence-electron chi connectivity index (χ4n) is 2.89. The van der Waals surface area contributed by atoms with Crippen molar-refractivity contribution in [2.24, 2.45) is 12.5 Å². The average Bonchev–Trinajstić information content (AvgIpc) is 2.97. The molecule has 1 aliphatic heterocycles. The fourth-order valence-corrected chi connectivity index (χ4v) is 4.75. The van der Waals surface area contributed by atoms with Crippen LogP contribution in [0.15, 0.2) is 35.4 Å². The van der Waals surface area contributed by atoms with Crippen molar-refractivity contribution in [2.75, 3.05) is 24.3 Å². The first kappa shape index (κ1) is 19.1. The second-order valence-corrected chi connectivity index (χ2v) is 8.98. The molecule has 2 aromatic rings. The van der Waals surface area contributed by atoms with E-state index in [-0.39, 0.29) is 27.6 Å². The summed E-state index contributed by atoms with van der Waals surface area (Å²) in [6.07, 6.45) is 1.39. The Labute approximate surface area is 156 Å². The summed E-state index contributed by atoms with van der Waals surface area (Å²) in [5, 5.41) is 11.4. The molecule has 0 aliphatic carbocycles. The quantitative estimate of drug-likeness (QED) is 0.841. The molecule has 1 saturated heterocycles. The highest BCUT2D eigenvalue weighted by molar-refractivity contribution is 7.91. The first-order chi connectivity index (χ1) is 12.6. The van der Waals surface area contributed by atoms with Gasteiger partial charge in [-0.25, -0.2) is 12.8 Å². The van der Waals surface area contributed by atoms with Gasteiger partial charge in [0.1, 0.15) is 17.6 Å². The second-order valence-electron chi connectivity index (χ2n) is 7.00. The van der Waals surface area contributed by atoms with Gasteiger partial charge in [0, 0.05) is 24.3 Å². The van der Waals surface area contributed by atoms with Crippen LogP contribution in [0.1, 0.15) is 23.0 Å². The maximum Gasteiger partial charge on any atom is 0.272 e. The second kappa shape index (κ2) is 6.79. The number of nitrogens with zero attached hydrogens (tertiary/aromatic N) is 2. The lowest BCUT2D eigenvalue weighted by Gasteiger charge is -2.37. The van der Waals surface area contributed by atoms with Gasteiger partial charge in [0.25, 0.3) is 5.91 Å². The molecule has 1 amide bonds. The van der Waals surface area contributed by atoms with Gasteiger partial charge in [-0.1, -0.05) is 6.92 Å². The number of carbonyl (C=O) groups excluding carboxylic acids is 1. The highest BCUT2D eigenvalue weighted by atomic mass is 32.2. The number of ether oxygens (including phenoxy) is 1. The molecule has 0 atom stereocenters. The van der Waals surface area contributed by atoms with E-state index in [0.29, 0.717) is 13.2 Å². The maximum atomic E-state index is 13.4. The van der Waals surface area contributed by atoms with Crippen LogP contribution in [-0.2, 0) is 21.6 Å². The number of sulfone groups is 1. The van der Waals surface area contributed by atoms with Crippen molar-refractivity contribution in [3.8, 4) is 6.07 Å². The first-order valence-corrected chi connectivity index (χ1v) is 9.77. The molecule has 1 fully saturated rings. The van der Waals surface area contributed by atoms with E-state index in [9.17, 15) is 17.6 Å². The Bertz CT molecular complexity index is 1050. The number of aromatic nitrogens is 1. The molecule has 2 heterocycles. The molecular formula is C18H18FN3O4S. The summed E-state index contributed by atoms with van der Waals surface area (Å²) in [5.74, 6) is -1.31. The molecule has 0 bridgehead atoms. The number of rotatable bonds is 5. The number of hydrogen-bond donors (Lipinski definition) is 1. The van der Waals surface area contributed by atoms with E-state index < -0.39 is 27.0 Å². The van der Waals surface area contributed by atoms with Gasteiger partial charge >= 0.3 is 0 Å². The summed E-state index contributed by atoms with van der Waals surface area (Å²) < 4.78 is 45.2. The molecule has 3 rings (SSSR count). The third kappa shape index (κ3) is 3.86. The Morgan fingerprint density at radius 2 is 2.11 bits per heavy atom. The summed E-state index contributed by atoms with van der Waals surface area (Å²) >= 11 is 0. The lowest BCUT2D eigenvalue weighted by Crippen LogP contribution is -2.45. The van der Waals surface area contributed by atoms with Crippen LogP contribution in [0, 0.1) is 22.6 Å². The Morgan fingerprint density at radius 3 is 2.70 bits per heavy atom. The number of benzene rings is 1. The van der Waals surface area contributed by atoms with E-state index >= 15 is 0 Å². The van der Waals surface area contributed by atoms with Gasteiger partial charge in [-0.3, -0.25) is 4.79 Å². The van der Waals surface area contributed by atoms with Crippen LogP contribution >= 0.6 is 0 Å². The van der Waals surface area contributed by atoms with Gasteiger partial charge in [0.2, 0.25) is 0 Å². The maximum absolute atomic E-state index is 13.4. The standard InChI is InChI=1S/C18H18FN3O4S/c1-18(9-26-10-18)11-27(24,25)14-6-16(22(2)8-14)17(23)21-13-3-4-15(19)12(5-13)7-20/h3-6,8H,9-11H2,1-2H3,(H,21,23). The molecule has 1 N–H and O–H groups in total. The van der Waals surface area contributed by atoms with Gasteiger partial charge in [-0.2, -0.15) is 5.26 Å². The van der Waals surface area contributed by atoms with Gasteiger partial charge in [-0.15, -0.1) is 0 Å². The normalized spacial score (nSPS) is 15.6. The molecular weight excluding hydrogens is 373 g/mol. The van der Waals surface area contributed by atoms with E-state index in [2.05, 4.69) is 5.32 Å². The number of carbonyl (C=O) groups is 1. The lowest BCUT2D eigenvalue weighted by molar-refractivity contribution is -0.0870. The van der Waals surface area contributed by atoms with Gasteiger partial charge < -0.3 is 14.6 Å². The Morgan fingerprint density at radius 1 is 1.41 bits per heavy atom. The van der Waals surface area contributed by atoms with Crippen LogP contribution in [0.4, 0.5) is 10.1 Å². The van der Waals surface area contributed by atoms with E-state index in [1.807, 2.05) is 6.92 Å². The van der Waals surface area contributed by atoms with Crippen LogP contribution < -0.4 is 5.32 Å². The highest BCUT2D eigenvalue weighted by Crippen LogP contribution is 2.31. The molecule has 1 aliphatic rings. The molecule has 0 saturated carbocycles. The van der Waals surface area contributed by atoms with Crippen molar-refractivity contribution in [1.29, 1.82) is 5.26 Å². The Kier molecular flexibility index (Phi) is 4.80. The van der Waals surface area contributed by atoms with Gasteiger partial charge in [-0.05, 0) is 24.3 Å². The summed E-state index contributed by atoms with van der Waals surface area (Å²) in [7, 11) is -2.01. The largest absolute Gasteiger partial charge is 0.380 e. The number of nitrogens with one attached hydrogen (secondary N) is 1. The third-order valence-corrected chi connectivity index (χ3v) is 6.37. The van der Waals surface area contributed by atoms with Crippen molar-refractivity contribution in [2.45, 2.75) is 11.8 Å². The van der Waals surface area contributed by atoms with Crippen molar-refractivity contribution < 1.29 is 22.3 Å². The van der Waals surface area contributed by atoms with Crippen molar-refractivity contribution >= 4 is 21.4 Å². The third-order valence-electron chi connectivity index (χ3n) is 4.36. The fraction of sp³-hybridized carbons (Fsp3) is 0.333. The summed E-state index contributed by atoms with van der Waals surface area (Å²) in [5.41, 5.74) is -0.244. The summed E-state index contributed by atoms with van der Waals surface area (Å²) in [4.78, 5) is 12.5. The van der Waals surface area contributed by atoms with Crippen LogP contribution in [0.2, 0.25) is 0 Å². The number of hydrogen-bond acceptors (Lipinski definition) is 5. The summed E-state index contributed by atoms with van der Waals surface area (Å²) in [6.45, 7) is 2.61.